The Bertz CT molecular complexity index is 684. The van der Waals surface area contributed by atoms with Crippen molar-refractivity contribution in [3.05, 3.63) is 23.3 Å². The van der Waals surface area contributed by atoms with Gasteiger partial charge in [-0.2, -0.15) is 0 Å². The number of benzene rings is 1. The number of hydrogen-bond acceptors (Lipinski definition) is 5. The lowest BCUT2D eigenvalue weighted by molar-refractivity contribution is -0.174. The number of methoxy groups -OCH3 is 1. The van der Waals surface area contributed by atoms with Crippen LogP contribution in [0.5, 0.6) is 5.75 Å². The van der Waals surface area contributed by atoms with Gasteiger partial charge in [0.1, 0.15) is 5.75 Å². The molecule has 1 aliphatic carbocycles. The second-order valence-electron chi connectivity index (χ2n) is 5.90. The van der Waals surface area contributed by atoms with Gasteiger partial charge in [-0.05, 0) is 61.3 Å². The topological polar surface area (TPSA) is 72.9 Å². The molecule has 1 aliphatic rings. The van der Waals surface area contributed by atoms with Gasteiger partial charge in [-0.15, -0.1) is 0 Å². The van der Waals surface area contributed by atoms with Crippen LogP contribution in [0.1, 0.15) is 37.8 Å². The van der Waals surface area contributed by atoms with Crippen LogP contribution in [-0.2, 0) is 19.7 Å². The summed E-state index contributed by atoms with van der Waals surface area (Å²) in [5.41, 5.74) is 0.444. The van der Waals surface area contributed by atoms with E-state index in [1.54, 1.807) is 32.9 Å². The summed E-state index contributed by atoms with van der Waals surface area (Å²) in [4.78, 5) is 16.5. The van der Waals surface area contributed by atoms with Gasteiger partial charge >= 0.3 is 5.97 Å². The van der Waals surface area contributed by atoms with Gasteiger partial charge in [0.05, 0.1) is 17.5 Å². The summed E-state index contributed by atoms with van der Waals surface area (Å²) in [7, 11) is -2.42. The summed E-state index contributed by atoms with van der Waals surface area (Å²) in [6.45, 7) is 6.36. The molecule has 0 aromatic heterocycles. The first kappa shape index (κ1) is 16.8. The van der Waals surface area contributed by atoms with E-state index >= 15 is 0 Å². The van der Waals surface area contributed by atoms with Crippen LogP contribution in [0.3, 0.4) is 0 Å². The van der Waals surface area contributed by atoms with E-state index in [9.17, 15) is 13.2 Å². The lowest BCUT2D eigenvalue weighted by Crippen LogP contribution is -2.42. The first-order valence-corrected chi connectivity index (χ1v) is 8.45. The first-order chi connectivity index (χ1) is 10.1. The molecule has 22 heavy (non-hydrogen) atoms. The minimum atomic E-state index is -3.94. The SMILES string of the molecule is COc1cc(C)c(S(=O)(=O)N(OC(C)=O)C2(C)CC2)c(C)c1. The van der Waals surface area contributed by atoms with Gasteiger partial charge < -0.3 is 9.57 Å². The number of ether oxygens (including phenoxy) is 1. The van der Waals surface area contributed by atoms with E-state index in [-0.39, 0.29) is 4.90 Å². The molecule has 0 heterocycles. The summed E-state index contributed by atoms with van der Waals surface area (Å²) in [6, 6.07) is 3.31. The summed E-state index contributed by atoms with van der Waals surface area (Å²) >= 11 is 0. The largest absolute Gasteiger partial charge is 0.497 e. The van der Waals surface area contributed by atoms with Gasteiger partial charge in [0.15, 0.2) is 0 Å². The fraction of sp³-hybridized carbons (Fsp3) is 0.533. The molecule has 0 bridgehead atoms. The number of carbonyl (C=O) groups is 1. The van der Waals surface area contributed by atoms with E-state index in [4.69, 9.17) is 9.57 Å². The van der Waals surface area contributed by atoms with Crippen molar-refractivity contribution in [2.75, 3.05) is 7.11 Å². The van der Waals surface area contributed by atoms with E-state index < -0.39 is 21.5 Å². The van der Waals surface area contributed by atoms with Gasteiger partial charge in [0, 0.05) is 6.92 Å². The summed E-state index contributed by atoms with van der Waals surface area (Å²) in [5, 5.41) is 0. The molecule has 0 aliphatic heterocycles. The van der Waals surface area contributed by atoms with Crippen molar-refractivity contribution in [2.45, 2.75) is 51.0 Å². The number of nitrogens with zero attached hydrogens (tertiary/aromatic N) is 1. The average Bonchev–Trinajstić information content (AvgIpc) is 3.13. The molecule has 7 heteroatoms. The monoisotopic (exact) mass is 327 g/mol. The van der Waals surface area contributed by atoms with Gasteiger partial charge in [0.2, 0.25) is 0 Å². The lowest BCUT2D eigenvalue weighted by atomic mass is 10.1. The Morgan fingerprint density at radius 1 is 1.23 bits per heavy atom. The van der Waals surface area contributed by atoms with Gasteiger partial charge in [-0.3, -0.25) is 4.79 Å². The second kappa shape index (κ2) is 5.55. The van der Waals surface area contributed by atoms with Crippen LogP contribution in [0.15, 0.2) is 17.0 Å². The maximum atomic E-state index is 13.0. The van der Waals surface area contributed by atoms with Crippen LogP contribution >= 0.6 is 0 Å². The van der Waals surface area contributed by atoms with Crippen LogP contribution in [0.4, 0.5) is 0 Å². The van der Waals surface area contributed by atoms with E-state index in [1.165, 1.54) is 14.0 Å². The highest BCUT2D eigenvalue weighted by molar-refractivity contribution is 7.89. The molecule has 0 unspecified atom stereocenters. The fourth-order valence-corrected chi connectivity index (χ4v) is 4.51. The quantitative estimate of drug-likeness (QED) is 0.776. The minimum Gasteiger partial charge on any atom is -0.497 e. The third-order valence-corrected chi connectivity index (χ3v) is 5.88. The number of aryl methyl sites for hydroxylation is 2. The third kappa shape index (κ3) is 2.96. The maximum absolute atomic E-state index is 13.0. The smallest absolute Gasteiger partial charge is 0.323 e. The Labute approximate surface area is 131 Å². The molecule has 0 amide bonds. The number of rotatable bonds is 5. The molecule has 0 N–H and O–H groups in total. The molecule has 1 saturated carbocycles. The summed E-state index contributed by atoms with van der Waals surface area (Å²) < 4.78 is 32.0. The highest BCUT2D eigenvalue weighted by atomic mass is 32.2. The van der Waals surface area contributed by atoms with Gasteiger partial charge in [-0.25, -0.2) is 8.42 Å². The Balaban J connectivity index is 2.55. The molecule has 0 radical (unpaired) electrons. The zero-order valence-electron chi connectivity index (χ0n) is 13.5. The fourth-order valence-electron chi connectivity index (χ4n) is 2.45. The van der Waals surface area contributed by atoms with Crippen LogP contribution in [0.2, 0.25) is 0 Å². The molecule has 0 atom stereocenters. The van der Waals surface area contributed by atoms with E-state index in [0.29, 0.717) is 29.7 Å². The maximum Gasteiger partial charge on any atom is 0.323 e. The molecule has 122 valence electrons. The molecule has 1 aromatic rings. The van der Waals surface area contributed by atoms with Crippen molar-refractivity contribution in [1.29, 1.82) is 0 Å². The lowest BCUT2D eigenvalue weighted by Gasteiger charge is -2.27. The number of hydrogen-bond donors (Lipinski definition) is 0. The Kier molecular flexibility index (Phi) is 4.23. The van der Waals surface area contributed by atoms with Crippen LogP contribution in [-0.4, -0.2) is 31.5 Å². The Hall–Kier alpha value is -1.60. The number of carbonyl (C=O) groups excluding carboxylic acids is 1. The van der Waals surface area contributed by atoms with E-state index in [0.717, 1.165) is 4.47 Å². The zero-order chi connectivity index (χ0) is 16.7. The standard InChI is InChI=1S/C15H21NO5S/c1-10-8-13(20-5)9-11(2)14(10)22(18,19)16(21-12(3)17)15(4)6-7-15/h8-9H,6-7H2,1-5H3. The molecular weight excluding hydrogens is 306 g/mol. The van der Waals surface area contributed by atoms with Crippen molar-refractivity contribution in [1.82, 2.24) is 4.47 Å². The predicted molar refractivity (Wildman–Crippen MR) is 80.9 cm³/mol. The zero-order valence-corrected chi connectivity index (χ0v) is 14.3. The minimum absolute atomic E-state index is 0.155. The third-order valence-electron chi connectivity index (χ3n) is 3.77. The highest BCUT2D eigenvalue weighted by Crippen LogP contribution is 2.45. The van der Waals surface area contributed by atoms with Gasteiger partial charge in [-0.1, -0.05) is 0 Å². The summed E-state index contributed by atoms with van der Waals surface area (Å²) in [6.07, 6.45) is 1.32. The molecule has 6 nitrogen and oxygen atoms in total. The van der Waals surface area contributed by atoms with Crippen LogP contribution in [0.25, 0.3) is 0 Å². The molecule has 0 spiro atoms. The van der Waals surface area contributed by atoms with Crippen molar-refractivity contribution >= 4 is 16.0 Å². The second-order valence-corrected chi connectivity index (χ2v) is 7.59. The average molecular weight is 327 g/mol. The van der Waals surface area contributed by atoms with Crippen molar-refractivity contribution in [2.24, 2.45) is 0 Å². The predicted octanol–water partition coefficient (Wildman–Crippen LogP) is 2.33. The van der Waals surface area contributed by atoms with E-state index in [1.807, 2.05) is 0 Å². The normalized spacial score (nSPS) is 16.5. The van der Waals surface area contributed by atoms with Crippen molar-refractivity contribution in [3.8, 4) is 5.75 Å². The molecule has 1 fully saturated rings. The molecular formula is C15H21NO5S. The molecule has 2 rings (SSSR count). The van der Waals surface area contributed by atoms with Crippen molar-refractivity contribution < 1.29 is 22.8 Å². The molecule has 0 saturated heterocycles. The first-order valence-electron chi connectivity index (χ1n) is 7.01. The van der Waals surface area contributed by atoms with Crippen molar-refractivity contribution in [3.63, 3.8) is 0 Å². The Morgan fingerprint density at radius 3 is 2.09 bits per heavy atom. The van der Waals surface area contributed by atoms with Gasteiger partial charge in [0.25, 0.3) is 10.0 Å². The Morgan fingerprint density at radius 2 is 1.73 bits per heavy atom. The highest BCUT2D eigenvalue weighted by Gasteiger charge is 2.53. The van der Waals surface area contributed by atoms with E-state index in [2.05, 4.69) is 0 Å². The molecule has 1 aromatic carbocycles. The number of sulfonamides is 1. The van der Waals surface area contributed by atoms with Crippen LogP contribution in [0, 0.1) is 13.8 Å². The number of hydroxylamine groups is 1. The summed E-state index contributed by atoms with van der Waals surface area (Å²) in [5.74, 6) is -0.0638. The van der Waals surface area contributed by atoms with Crippen LogP contribution < -0.4 is 4.74 Å².